The average molecular weight is 297 g/mol. The van der Waals surface area contributed by atoms with Crippen LogP contribution in [0.3, 0.4) is 0 Å². The van der Waals surface area contributed by atoms with Crippen LogP contribution in [0.5, 0.6) is 5.75 Å². The Hall–Kier alpha value is -1.67. The van der Waals surface area contributed by atoms with Gasteiger partial charge in [0.25, 0.3) is 5.91 Å². The molecule has 2 heterocycles. The van der Waals surface area contributed by atoms with E-state index < -0.39 is 36.9 Å². The number of hydrogen-bond donors (Lipinski definition) is 2. The summed E-state index contributed by atoms with van der Waals surface area (Å²) in [5, 5.41) is 20.5. The maximum Gasteiger partial charge on any atom is 0.284 e. The normalized spacial score (nSPS) is 35.4. The largest absolute Gasteiger partial charge is 0.484 e. The van der Waals surface area contributed by atoms with Crippen LogP contribution in [0.1, 0.15) is 1.37 Å². The summed E-state index contributed by atoms with van der Waals surface area (Å²) in [5.41, 5.74) is -1.38. The molecule has 0 radical (unpaired) electrons. The van der Waals surface area contributed by atoms with Crippen LogP contribution in [0.15, 0.2) is 30.3 Å². The van der Waals surface area contributed by atoms with Crippen molar-refractivity contribution in [3.8, 4) is 5.75 Å². The Kier molecular flexibility index (Phi) is 3.48. The van der Waals surface area contributed by atoms with Crippen molar-refractivity contribution in [2.45, 2.75) is 17.8 Å². The molecule has 21 heavy (non-hydrogen) atoms. The van der Waals surface area contributed by atoms with E-state index in [0.717, 1.165) is 5.06 Å². The highest BCUT2D eigenvalue weighted by Gasteiger charge is 2.56. The number of benzene rings is 1. The van der Waals surface area contributed by atoms with Gasteiger partial charge >= 0.3 is 0 Å². The number of aliphatic hydroxyl groups excluding tert-OH is 2. The number of fused-ring (bicyclic) bond motifs is 2. The molecule has 0 aliphatic carbocycles. The van der Waals surface area contributed by atoms with E-state index in [2.05, 4.69) is 0 Å². The smallest absolute Gasteiger partial charge is 0.284 e. The van der Waals surface area contributed by atoms with Crippen LogP contribution >= 0.6 is 0 Å². The van der Waals surface area contributed by atoms with Crippen LogP contribution < -0.4 is 4.74 Å². The number of ether oxygens (including phenoxy) is 2. The van der Waals surface area contributed by atoms with Crippen LogP contribution in [0, 0.1) is 0 Å². The zero-order valence-electron chi connectivity index (χ0n) is 12.2. The number of hydroxylamine groups is 2. The van der Waals surface area contributed by atoms with E-state index in [0.29, 0.717) is 5.75 Å². The first-order valence-electron chi connectivity index (χ1n) is 7.17. The Morgan fingerprint density at radius 1 is 1.52 bits per heavy atom. The van der Waals surface area contributed by atoms with E-state index in [9.17, 15) is 15.0 Å². The highest BCUT2D eigenvalue weighted by Crippen LogP contribution is 2.34. The summed E-state index contributed by atoms with van der Waals surface area (Å²) < 4.78 is 18.3. The van der Waals surface area contributed by atoms with Gasteiger partial charge in [-0.2, -0.15) is 0 Å². The molecule has 2 N–H and O–H groups in total. The van der Waals surface area contributed by atoms with Crippen molar-refractivity contribution in [2.24, 2.45) is 0 Å². The van der Waals surface area contributed by atoms with Crippen LogP contribution in [-0.4, -0.2) is 65.3 Å². The number of hydrogen-bond acceptors (Lipinski definition) is 6. The van der Waals surface area contributed by atoms with Gasteiger partial charge in [-0.1, -0.05) is 18.2 Å². The lowest BCUT2D eigenvalue weighted by molar-refractivity contribution is -0.258. The maximum atomic E-state index is 12.2. The molecule has 2 saturated heterocycles. The van der Waals surface area contributed by atoms with E-state index >= 15 is 0 Å². The minimum Gasteiger partial charge on any atom is -0.484 e. The number of carbonyl (C=O) groups excluding carboxylic acids is 1. The van der Waals surface area contributed by atoms with Crippen LogP contribution in [0.2, 0.25) is 0 Å². The predicted octanol–water partition coefficient (Wildman–Crippen LogP) is -0.670. The van der Waals surface area contributed by atoms with E-state index in [1.165, 1.54) is 0 Å². The second-order valence-corrected chi connectivity index (χ2v) is 5.02. The molecule has 0 aromatic heterocycles. The molecule has 2 bridgehead atoms. The number of carbonyl (C=O) groups is 1. The van der Waals surface area contributed by atoms with Gasteiger partial charge in [0, 0.05) is 0 Å². The molecule has 0 saturated carbocycles. The van der Waals surface area contributed by atoms with Crippen molar-refractivity contribution in [1.29, 1.82) is 0 Å². The molecule has 1 aromatic rings. The maximum absolute atomic E-state index is 12.2. The summed E-state index contributed by atoms with van der Waals surface area (Å²) in [6, 6.07) is 8.84. The number of rotatable bonds is 4. The minimum atomic E-state index is -1.38. The molecule has 4 atom stereocenters. The Labute approximate surface area is 123 Å². The Balaban J connectivity index is 1.65. The molecule has 2 aliphatic heterocycles. The predicted molar refractivity (Wildman–Crippen MR) is 70.3 cm³/mol. The Morgan fingerprint density at radius 3 is 3.00 bits per heavy atom. The average Bonchev–Trinajstić information content (AvgIpc) is 2.69. The minimum absolute atomic E-state index is 0.159. The van der Waals surface area contributed by atoms with Crippen LogP contribution in [-0.2, 0) is 14.4 Å². The molecule has 3 rings (SSSR count). The number of amides is 1. The summed E-state index contributed by atoms with van der Waals surface area (Å²) in [6.07, 6.45) is -2.17. The lowest BCUT2D eigenvalue weighted by Crippen LogP contribution is -2.61. The molecular weight excluding hydrogens is 278 g/mol. The second kappa shape index (κ2) is 5.61. The van der Waals surface area contributed by atoms with Gasteiger partial charge < -0.3 is 19.7 Å². The van der Waals surface area contributed by atoms with Gasteiger partial charge in [-0.25, -0.2) is 5.06 Å². The summed E-state index contributed by atoms with van der Waals surface area (Å²) >= 11 is 0. The van der Waals surface area contributed by atoms with E-state index in [1.54, 1.807) is 24.3 Å². The molecule has 114 valence electrons. The summed E-state index contributed by atoms with van der Waals surface area (Å²) in [7, 11) is 0. The first-order chi connectivity index (χ1) is 10.6. The van der Waals surface area contributed by atoms with Crippen molar-refractivity contribution in [1.82, 2.24) is 5.06 Å². The van der Waals surface area contributed by atoms with E-state index in [4.69, 9.17) is 15.7 Å². The third-order valence-electron chi connectivity index (χ3n) is 3.60. The third kappa shape index (κ3) is 2.60. The van der Waals surface area contributed by atoms with E-state index in [1.807, 2.05) is 6.07 Å². The standard InChI is InChI=1S/C14H17NO6/c16-9-14-8-15(21-11(6-20-14)13(14)18)12(17)7-19-10-4-2-1-3-5-10/h1-5,11,13,16,18H,6-9H2/t11-,13?,14+/m1/s1/i6T/t6-,11+,13?,14-/m0. The lowest BCUT2D eigenvalue weighted by atomic mass is 9.95. The zero-order valence-corrected chi connectivity index (χ0v) is 11.2. The Bertz CT molecular complexity index is 543. The van der Waals surface area contributed by atoms with Gasteiger partial charge in [-0.15, -0.1) is 0 Å². The van der Waals surface area contributed by atoms with Gasteiger partial charge in [-0.3, -0.25) is 9.63 Å². The molecule has 7 heteroatoms. The SMILES string of the molecule is [3H][C@@H]1O[C@]2(CO)CN(C(=O)COc3ccccc3)O[C@H]1C2O. The fraction of sp³-hybridized carbons (Fsp3) is 0.500. The van der Waals surface area contributed by atoms with Gasteiger partial charge in [0.05, 0.1) is 21.1 Å². The summed E-state index contributed by atoms with van der Waals surface area (Å²) in [6.45, 7) is -2.08. The zero-order chi connectivity index (χ0) is 15.7. The molecule has 7 nitrogen and oxygen atoms in total. The van der Waals surface area contributed by atoms with Crippen molar-refractivity contribution in [3.63, 3.8) is 0 Å². The lowest BCUT2D eigenvalue weighted by Gasteiger charge is -2.39. The van der Waals surface area contributed by atoms with E-state index in [-0.39, 0.29) is 13.2 Å². The van der Waals surface area contributed by atoms with Crippen molar-refractivity contribution in [2.75, 3.05) is 26.3 Å². The first-order valence-corrected chi connectivity index (χ1v) is 6.60. The molecule has 2 fully saturated rings. The van der Waals surface area contributed by atoms with Crippen molar-refractivity contribution < 1.29 is 30.7 Å². The highest BCUT2D eigenvalue weighted by atomic mass is 16.7. The fourth-order valence-electron chi connectivity index (χ4n) is 2.35. The second-order valence-electron chi connectivity index (χ2n) is 5.02. The van der Waals surface area contributed by atoms with Gasteiger partial charge in [0.2, 0.25) is 0 Å². The van der Waals surface area contributed by atoms with Gasteiger partial charge in [0.1, 0.15) is 23.6 Å². The first kappa shape index (κ1) is 13.0. The summed E-state index contributed by atoms with van der Waals surface area (Å²) in [5.74, 6) is 0.0682. The number of nitrogens with zero attached hydrogens (tertiary/aromatic N) is 1. The number of aliphatic hydroxyl groups is 2. The fourth-order valence-corrected chi connectivity index (χ4v) is 2.35. The molecule has 1 aromatic carbocycles. The van der Waals surface area contributed by atoms with Crippen LogP contribution in [0.4, 0.5) is 0 Å². The quantitative estimate of drug-likeness (QED) is 0.766. The van der Waals surface area contributed by atoms with Gasteiger partial charge in [-0.05, 0) is 12.1 Å². The van der Waals surface area contributed by atoms with Crippen molar-refractivity contribution >= 4 is 5.91 Å². The summed E-state index contributed by atoms with van der Waals surface area (Å²) in [4.78, 5) is 17.5. The molecule has 1 unspecified atom stereocenters. The van der Waals surface area contributed by atoms with Crippen molar-refractivity contribution in [3.05, 3.63) is 30.3 Å². The molecule has 2 aliphatic rings. The number of para-hydroxylation sites is 1. The third-order valence-corrected chi connectivity index (χ3v) is 3.60. The van der Waals surface area contributed by atoms with Crippen LogP contribution in [0.25, 0.3) is 0 Å². The topological polar surface area (TPSA) is 88.5 Å². The molecule has 0 spiro atoms. The molecule has 1 amide bonds. The van der Waals surface area contributed by atoms with Gasteiger partial charge in [0.15, 0.2) is 6.61 Å². The monoisotopic (exact) mass is 297 g/mol. The molecular formula is C14H17NO6. The highest BCUT2D eigenvalue weighted by molar-refractivity contribution is 5.77. The Morgan fingerprint density at radius 2 is 2.29 bits per heavy atom.